The lowest BCUT2D eigenvalue weighted by Crippen LogP contribution is -1.85. The molecule has 1 aromatic carbocycles. The van der Waals surface area contributed by atoms with E-state index in [1.807, 2.05) is 0 Å². The summed E-state index contributed by atoms with van der Waals surface area (Å²) in [5.41, 5.74) is 0. The van der Waals surface area contributed by atoms with Crippen molar-refractivity contribution in [2.75, 3.05) is 6.26 Å². The molecule has 60 valence electrons. The monoisotopic (exact) mass is 190 g/mol. The molecule has 0 fully saturated rings. The summed E-state index contributed by atoms with van der Waals surface area (Å²) in [4.78, 5) is 0.618. The zero-order valence-corrected chi connectivity index (χ0v) is 7.45. The topological polar surface area (TPSA) is 37.3 Å². The summed E-state index contributed by atoms with van der Waals surface area (Å²) in [5.74, 6) is 0.0147. The van der Waals surface area contributed by atoms with E-state index in [4.69, 9.17) is 16.7 Å². The molecule has 0 saturated carbocycles. The molecule has 0 aliphatic heterocycles. The zero-order valence-electron chi connectivity index (χ0n) is 5.87. The second-order valence-corrected chi connectivity index (χ2v) is 3.85. The van der Waals surface area contributed by atoms with Gasteiger partial charge in [0.05, 0.1) is 5.02 Å². The molecule has 0 aliphatic rings. The highest BCUT2D eigenvalue weighted by atomic mass is 35.5. The summed E-state index contributed by atoms with van der Waals surface area (Å²) in [5, 5.41) is 9.23. The van der Waals surface area contributed by atoms with E-state index in [9.17, 15) is 4.21 Å². The number of phenolic OH excluding ortho intramolecular Hbond substituents is 1. The van der Waals surface area contributed by atoms with Crippen LogP contribution in [0.3, 0.4) is 0 Å². The maximum absolute atomic E-state index is 10.9. The Morgan fingerprint density at radius 1 is 1.55 bits per heavy atom. The van der Waals surface area contributed by atoms with Crippen molar-refractivity contribution in [3.63, 3.8) is 0 Å². The SMILES string of the molecule is CS(=O)c1ccc(O)c(Cl)c1. The summed E-state index contributed by atoms with van der Waals surface area (Å²) in [6.45, 7) is 0. The van der Waals surface area contributed by atoms with E-state index in [1.165, 1.54) is 12.1 Å². The van der Waals surface area contributed by atoms with Gasteiger partial charge in [0.15, 0.2) is 0 Å². The van der Waals surface area contributed by atoms with E-state index in [0.29, 0.717) is 4.90 Å². The van der Waals surface area contributed by atoms with Crippen LogP contribution in [0, 0.1) is 0 Å². The molecule has 0 aliphatic carbocycles. The molecule has 0 aromatic heterocycles. The molecule has 1 unspecified atom stereocenters. The van der Waals surface area contributed by atoms with Crippen LogP contribution < -0.4 is 0 Å². The van der Waals surface area contributed by atoms with Crippen LogP contribution in [0.5, 0.6) is 5.75 Å². The van der Waals surface area contributed by atoms with E-state index >= 15 is 0 Å². The molecular formula is C7H7ClO2S. The molecule has 0 radical (unpaired) electrons. The molecule has 4 heteroatoms. The fourth-order valence-corrected chi connectivity index (χ4v) is 1.46. The maximum atomic E-state index is 10.9. The molecule has 11 heavy (non-hydrogen) atoms. The number of aromatic hydroxyl groups is 1. The minimum atomic E-state index is -1.04. The van der Waals surface area contributed by atoms with Gasteiger partial charge in [-0.25, -0.2) is 0 Å². The van der Waals surface area contributed by atoms with Crippen molar-refractivity contribution in [1.29, 1.82) is 0 Å². The smallest absolute Gasteiger partial charge is 0.134 e. The van der Waals surface area contributed by atoms with Crippen LogP contribution >= 0.6 is 11.6 Å². The molecule has 0 bridgehead atoms. The number of hydrogen-bond acceptors (Lipinski definition) is 2. The molecule has 0 spiro atoms. The van der Waals surface area contributed by atoms with Gasteiger partial charge in [-0.15, -0.1) is 0 Å². The highest BCUT2D eigenvalue weighted by Gasteiger charge is 2.01. The van der Waals surface area contributed by atoms with Crippen molar-refractivity contribution >= 4 is 22.4 Å². The Labute approximate surface area is 72.3 Å². The number of benzene rings is 1. The van der Waals surface area contributed by atoms with Gasteiger partial charge in [0.2, 0.25) is 0 Å². The van der Waals surface area contributed by atoms with Crippen molar-refractivity contribution < 1.29 is 9.32 Å². The number of rotatable bonds is 1. The summed E-state index contributed by atoms with van der Waals surface area (Å²) >= 11 is 5.57. The molecule has 0 amide bonds. The second-order valence-electron chi connectivity index (χ2n) is 2.07. The lowest BCUT2D eigenvalue weighted by molar-refractivity contribution is 0.475. The summed E-state index contributed by atoms with van der Waals surface area (Å²) in [7, 11) is -1.04. The Balaban J connectivity index is 3.15. The van der Waals surface area contributed by atoms with Gasteiger partial charge in [-0.1, -0.05) is 11.6 Å². The molecule has 1 aromatic rings. The third kappa shape index (κ3) is 1.94. The average molecular weight is 191 g/mol. The third-order valence-corrected chi connectivity index (χ3v) is 2.47. The number of halogens is 1. The quantitative estimate of drug-likeness (QED) is 0.733. The normalized spacial score (nSPS) is 12.9. The molecule has 1 rings (SSSR count). The molecule has 1 atom stereocenters. The standard InChI is InChI=1S/C7H7ClO2S/c1-11(10)5-2-3-7(9)6(8)4-5/h2-4,9H,1H3. The van der Waals surface area contributed by atoms with Gasteiger partial charge in [-0.2, -0.15) is 0 Å². The van der Waals surface area contributed by atoms with Crippen molar-refractivity contribution in [2.24, 2.45) is 0 Å². The summed E-state index contributed by atoms with van der Waals surface area (Å²) in [6, 6.07) is 4.50. The van der Waals surface area contributed by atoms with E-state index in [-0.39, 0.29) is 10.8 Å². The van der Waals surface area contributed by atoms with Crippen molar-refractivity contribution in [1.82, 2.24) is 0 Å². The van der Waals surface area contributed by atoms with Crippen LogP contribution in [0.15, 0.2) is 23.1 Å². The Morgan fingerprint density at radius 3 is 2.64 bits per heavy atom. The van der Waals surface area contributed by atoms with Gasteiger partial charge >= 0.3 is 0 Å². The van der Waals surface area contributed by atoms with Crippen LogP contribution in [0.1, 0.15) is 0 Å². The van der Waals surface area contributed by atoms with Gasteiger partial charge in [0.1, 0.15) is 5.75 Å². The molecule has 1 N–H and O–H groups in total. The van der Waals surface area contributed by atoms with Gasteiger partial charge in [0, 0.05) is 22.0 Å². The minimum Gasteiger partial charge on any atom is -0.506 e. The van der Waals surface area contributed by atoms with Crippen molar-refractivity contribution in [2.45, 2.75) is 4.90 Å². The Kier molecular flexibility index (Phi) is 2.52. The predicted molar refractivity (Wildman–Crippen MR) is 45.4 cm³/mol. The highest BCUT2D eigenvalue weighted by Crippen LogP contribution is 2.24. The second kappa shape index (κ2) is 3.24. The third-order valence-electron chi connectivity index (χ3n) is 1.25. The minimum absolute atomic E-state index is 0.0147. The van der Waals surface area contributed by atoms with E-state index in [0.717, 1.165) is 0 Å². The predicted octanol–water partition coefficient (Wildman–Crippen LogP) is 1.78. The Hall–Kier alpha value is -0.540. The fraction of sp³-hybridized carbons (Fsp3) is 0.143. The molecule has 0 heterocycles. The zero-order chi connectivity index (χ0) is 8.43. The van der Waals surface area contributed by atoms with Crippen LogP contribution in [0.25, 0.3) is 0 Å². The maximum Gasteiger partial charge on any atom is 0.134 e. The van der Waals surface area contributed by atoms with Crippen molar-refractivity contribution in [3.05, 3.63) is 23.2 Å². The average Bonchev–Trinajstić information content (AvgIpc) is 1.94. The first-order valence-electron chi connectivity index (χ1n) is 2.93. The summed E-state index contributed by atoms with van der Waals surface area (Å²) < 4.78 is 10.9. The van der Waals surface area contributed by atoms with Crippen LogP contribution in [0.4, 0.5) is 0 Å². The highest BCUT2D eigenvalue weighted by molar-refractivity contribution is 7.84. The largest absolute Gasteiger partial charge is 0.506 e. The Bertz CT molecular complexity index is 298. The lowest BCUT2D eigenvalue weighted by atomic mass is 10.3. The van der Waals surface area contributed by atoms with Gasteiger partial charge in [-0.3, -0.25) is 4.21 Å². The van der Waals surface area contributed by atoms with Gasteiger partial charge in [0.25, 0.3) is 0 Å². The van der Waals surface area contributed by atoms with E-state index in [1.54, 1.807) is 12.3 Å². The van der Waals surface area contributed by atoms with Gasteiger partial charge in [-0.05, 0) is 18.2 Å². The Morgan fingerprint density at radius 2 is 2.18 bits per heavy atom. The number of hydrogen-bond donors (Lipinski definition) is 1. The first kappa shape index (κ1) is 8.56. The fourth-order valence-electron chi connectivity index (χ4n) is 0.666. The van der Waals surface area contributed by atoms with Crippen LogP contribution in [-0.4, -0.2) is 15.6 Å². The van der Waals surface area contributed by atoms with Gasteiger partial charge < -0.3 is 5.11 Å². The van der Waals surface area contributed by atoms with Crippen LogP contribution in [-0.2, 0) is 10.8 Å². The van der Waals surface area contributed by atoms with Crippen molar-refractivity contribution in [3.8, 4) is 5.75 Å². The molecule has 0 saturated heterocycles. The van der Waals surface area contributed by atoms with Crippen LogP contribution in [0.2, 0.25) is 5.02 Å². The first-order valence-corrected chi connectivity index (χ1v) is 4.87. The molecule has 2 nitrogen and oxygen atoms in total. The molecular weight excluding hydrogens is 184 g/mol. The lowest BCUT2D eigenvalue weighted by Gasteiger charge is -1.98. The van der Waals surface area contributed by atoms with E-state index < -0.39 is 10.8 Å². The number of phenols is 1. The summed E-state index contributed by atoms with van der Waals surface area (Å²) in [6.07, 6.45) is 1.56. The van der Waals surface area contributed by atoms with E-state index in [2.05, 4.69) is 0 Å². The first-order chi connectivity index (χ1) is 5.11.